The first-order valence-electron chi connectivity index (χ1n) is 9.46. The Morgan fingerprint density at radius 3 is 2.61 bits per heavy atom. The molecule has 0 spiro atoms. The lowest BCUT2D eigenvalue weighted by Gasteiger charge is -2.31. The molecule has 0 radical (unpaired) electrons. The molecule has 0 aliphatic carbocycles. The van der Waals surface area contributed by atoms with E-state index in [0.29, 0.717) is 24.0 Å². The Kier molecular flexibility index (Phi) is 5.38. The predicted octanol–water partition coefficient (Wildman–Crippen LogP) is 3.16. The molecule has 144 valence electrons. The maximum atomic E-state index is 10.9. The third-order valence-electron chi connectivity index (χ3n) is 5.17. The molecule has 0 saturated carbocycles. The summed E-state index contributed by atoms with van der Waals surface area (Å²) in [6.45, 7) is 2.59. The first kappa shape index (κ1) is 18.2. The van der Waals surface area contributed by atoms with Gasteiger partial charge in [-0.25, -0.2) is 0 Å². The molecule has 1 aliphatic rings. The molecule has 0 bridgehead atoms. The zero-order chi connectivity index (χ0) is 19.3. The topological polar surface area (TPSA) is 90.0 Å². The van der Waals surface area contributed by atoms with Gasteiger partial charge >= 0.3 is 0 Å². The van der Waals surface area contributed by atoms with Gasteiger partial charge in [-0.3, -0.25) is 15.0 Å². The molecule has 2 aromatic carbocycles. The summed E-state index contributed by atoms with van der Waals surface area (Å²) in [5, 5.41) is 23.5. The Hall–Kier alpha value is -3.13. The maximum Gasteiger partial charge on any atom is 0.270 e. The normalized spacial score (nSPS) is 15.6. The standard InChI is InChI=1S/C20H22N6O2/c27-26(28)19-8-4-7-18(14-19)20-21-23-25(22-20)15-24-11-9-17(10-12-24)13-16-5-2-1-3-6-16/h1-8,14,17H,9-13,15H2. The smallest absolute Gasteiger partial charge is 0.270 e. The molecule has 8 heteroatoms. The number of nitro benzene ring substituents is 1. The summed E-state index contributed by atoms with van der Waals surface area (Å²) < 4.78 is 0. The summed E-state index contributed by atoms with van der Waals surface area (Å²) in [4.78, 5) is 14.4. The second kappa shape index (κ2) is 8.26. The van der Waals surface area contributed by atoms with Crippen LogP contribution in [-0.4, -0.2) is 43.1 Å². The highest BCUT2D eigenvalue weighted by Crippen LogP contribution is 2.23. The number of non-ortho nitro benzene ring substituents is 1. The van der Waals surface area contributed by atoms with Crippen LogP contribution in [0.5, 0.6) is 0 Å². The van der Waals surface area contributed by atoms with Crippen LogP contribution in [0, 0.1) is 16.0 Å². The van der Waals surface area contributed by atoms with E-state index in [9.17, 15) is 10.1 Å². The van der Waals surface area contributed by atoms with Crippen LogP contribution in [0.2, 0.25) is 0 Å². The van der Waals surface area contributed by atoms with E-state index in [4.69, 9.17) is 0 Å². The van der Waals surface area contributed by atoms with Crippen molar-refractivity contribution in [3.05, 3.63) is 70.3 Å². The van der Waals surface area contributed by atoms with Crippen LogP contribution in [0.4, 0.5) is 5.69 Å². The number of nitrogens with zero attached hydrogens (tertiary/aromatic N) is 6. The zero-order valence-corrected chi connectivity index (χ0v) is 15.5. The number of piperidine rings is 1. The van der Waals surface area contributed by atoms with Gasteiger partial charge in [0.05, 0.1) is 4.92 Å². The monoisotopic (exact) mass is 378 g/mol. The fraction of sp³-hybridized carbons (Fsp3) is 0.350. The second-order valence-corrected chi connectivity index (χ2v) is 7.19. The van der Waals surface area contributed by atoms with Crippen molar-refractivity contribution in [2.24, 2.45) is 5.92 Å². The molecule has 0 amide bonds. The minimum Gasteiger partial charge on any atom is -0.283 e. The molecule has 1 saturated heterocycles. The second-order valence-electron chi connectivity index (χ2n) is 7.19. The Morgan fingerprint density at radius 1 is 1.07 bits per heavy atom. The third-order valence-corrected chi connectivity index (χ3v) is 5.17. The summed E-state index contributed by atoms with van der Waals surface area (Å²) in [5.74, 6) is 1.12. The summed E-state index contributed by atoms with van der Waals surface area (Å²) >= 11 is 0. The number of nitro groups is 1. The van der Waals surface area contributed by atoms with Gasteiger partial charge in [-0.1, -0.05) is 42.5 Å². The average Bonchev–Trinajstić information content (AvgIpc) is 3.19. The van der Waals surface area contributed by atoms with Crippen molar-refractivity contribution in [1.29, 1.82) is 0 Å². The molecule has 1 aliphatic heterocycles. The number of aromatic nitrogens is 4. The highest BCUT2D eigenvalue weighted by molar-refractivity contribution is 5.58. The average molecular weight is 378 g/mol. The van der Waals surface area contributed by atoms with Gasteiger partial charge in [0.1, 0.15) is 6.67 Å². The van der Waals surface area contributed by atoms with Crippen molar-refractivity contribution in [2.75, 3.05) is 13.1 Å². The molecule has 0 N–H and O–H groups in total. The van der Waals surface area contributed by atoms with E-state index in [2.05, 4.69) is 50.6 Å². The molecule has 4 rings (SSSR count). The molecule has 0 atom stereocenters. The highest BCUT2D eigenvalue weighted by atomic mass is 16.6. The number of likely N-dealkylation sites (tertiary alicyclic amines) is 1. The summed E-state index contributed by atoms with van der Waals surface area (Å²) in [5.41, 5.74) is 2.02. The predicted molar refractivity (Wildman–Crippen MR) is 104 cm³/mol. The van der Waals surface area contributed by atoms with Gasteiger partial charge in [0.25, 0.3) is 5.69 Å². The molecule has 1 aromatic heterocycles. The quantitative estimate of drug-likeness (QED) is 0.483. The SMILES string of the molecule is O=[N+]([O-])c1cccc(-c2nnn(CN3CCC(Cc4ccccc4)CC3)n2)c1. The minimum absolute atomic E-state index is 0.0225. The summed E-state index contributed by atoms with van der Waals surface area (Å²) in [7, 11) is 0. The Balaban J connectivity index is 1.33. The van der Waals surface area contributed by atoms with Gasteiger partial charge < -0.3 is 0 Å². The summed E-state index contributed by atoms with van der Waals surface area (Å²) in [6, 6.07) is 16.9. The van der Waals surface area contributed by atoms with Crippen LogP contribution < -0.4 is 0 Å². The fourth-order valence-corrected chi connectivity index (χ4v) is 3.64. The maximum absolute atomic E-state index is 10.9. The van der Waals surface area contributed by atoms with E-state index < -0.39 is 4.92 Å². The Morgan fingerprint density at radius 2 is 1.86 bits per heavy atom. The van der Waals surface area contributed by atoms with Crippen LogP contribution in [0.25, 0.3) is 11.4 Å². The van der Waals surface area contributed by atoms with E-state index in [1.807, 2.05) is 0 Å². The van der Waals surface area contributed by atoms with Crippen molar-refractivity contribution >= 4 is 5.69 Å². The Labute approximate surface area is 162 Å². The van der Waals surface area contributed by atoms with E-state index in [0.717, 1.165) is 32.4 Å². The van der Waals surface area contributed by atoms with E-state index >= 15 is 0 Å². The van der Waals surface area contributed by atoms with Crippen LogP contribution in [0.3, 0.4) is 0 Å². The number of rotatable bonds is 6. The van der Waals surface area contributed by atoms with Gasteiger partial charge in [-0.05, 0) is 36.0 Å². The fourth-order valence-electron chi connectivity index (χ4n) is 3.64. The highest BCUT2D eigenvalue weighted by Gasteiger charge is 2.20. The van der Waals surface area contributed by atoms with E-state index in [1.165, 1.54) is 17.7 Å². The zero-order valence-electron chi connectivity index (χ0n) is 15.5. The number of hydrogen-bond acceptors (Lipinski definition) is 6. The number of hydrogen-bond donors (Lipinski definition) is 0. The van der Waals surface area contributed by atoms with Gasteiger partial charge in [0.15, 0.2) is 0 Å². The first-order chi connectivity index (χ1) is 13.7. The van der Waals surface area contributed by atoms with Gasteiger partial charge in [-0.2, -0.15) is 0 Å². The van der Waals surface area contributed by atoms with Gasteiger partial charge in [-0.15, -0.1) is 15.0 Å². The lowest BCUT2D eigenvalue weighted by molar-refractivity contribution is -0.384. The molecule has 8 nitrogen and oxygen atoms in total. The van der Waals surface area contributed by atoms with Crippen LogP contribution in [0.15, 0.2) is 54.6 Å². The summed E-state index contributed by atoms with van der Waals surface area (Å²) in [6.07, 6.45) is 3.44. The van der Waals surface area contributed by atoms with Crippen LogP contribution >= 0.6 is 0 Å². The van der Waals surface area contributed by atoms with Crippen molar-refractivity contribution < 1.29 is 4.92 Å². The van der Waals surface area contributed by atoms with Crippen LogP contribution in [0.1, 0.15) is 18.4 Å². The van der Waals surface area contributed by atoms with Crippen molar-refractivity contribution in [3.8, 4) is 11.4 Å². The Bertz CT molecular complexity index is 935. The van der Waals surface area contributed by atoms with E-state index in [1.54, 1.807) is 16.9 Å². The van der Waals surface area contributed by atoms with E-state index in [-0.39, 0.29) is 5.69 Å². The van der Waals surface area contributed by atoms with Gasteiger partial charge in [0.2, 0.25) is 5.82 Å². The molecule has 2 heterocycles. The van der Waals surface area contributed by atoms with Crippen molar-refractivity contribution in [1.82, 2.24) is 25.1 Å². The molecule has 28 heavy (non-hydrogen) atoms. The third kappa shape index (κ3) is 4.40. The molecular formula is C20H22N6O2. The molecule has 1 fully saturated rings. The largest absolute Gasteiger partial charge is 0.283 e. The number of benzene rings is 2. The van der Waals surface area contributed by atoms with Gasteiger partial charge in [0, 0.05) is 30.8 Å². The molecule has 0 unspecified atom stereocenters. The molecular weight excluding hydrogens is 356 g/mol. The first-order valence-corrected chi connectivity index (χ1v) is 9.46. The number of tetrazole rings is 1. The van der Waals surface area contributed by atoms with Crippen molar-refractivity contribution in [3.63, 3.8) is 0 Å². The molecule has 3 aromatic rings. The lowest BCUT2D eigenvalue weighted by Crippen LogP contribution is -2.36. The van der Waals surface area contributed by atoms with Crippen molar-refractivity contribution in [2.45, 2.75) is 25.9 Å². The lowest BCUT2D eigenvalue weighted by atomic mass is 9.90. The van der Waals surface area contributed by atoms with Crippen LogP contribution in [-0.2, 0) is 13.1 Å². The minimum atomic E-state index is -0.423.